The molecule has 0 amide bonds. The van der Waals surface area contributed by atoms with Crippen molar-refractivity contribution >= 4 is 22.2 Å². The molecule has 1 atom stereocenters. The quantitative estimate of drug-likeness (QED) is 0.803. The average molecular weight is 238 g/mol. The number of fused-ring (bicyclic) bond motifs is 1. The monoisotopic (exact) mass is 238 g/mol. The van der Waals surface area contributed by atoms with Crippen LogP contribution < -0.4 is 4.72 Å². The van der Waals surface area contributed by atoms with Crippen molar-refractivity contribution in [1.82, 2.24) is 14.5 Å². The van der Waals surface area contributed by atoms with E-state index < -0.39 is 11.3 Å². The molecule has 0 aliphatic heterocycles. The molecule has 0 fully saturated rings. The number of hydrogen-bond acceptors (Lipinski definition) is 3. The highest BCUT2D eigenvalue weighted by molar-refractivity contribution is 7.77. The summed E-state index contributed by atoms with van der Waals surface area (Å²) in [5.74, 6) is 0. The fraction of sp³-hybridized carbons (Fsp3) is 0.300. The van der Waals surface area contributed by atoms with Crippen molar-refractivity contribution in [1.29, 1.82) is 0 Å². The molecule has 1 aromatic heterocycles. The van der Waals surface area contributed by atoms with E-state index in [2.05, 4.69) is 9.82 Å². The number of aryl methyl sites for hydroxylation is 2. The second-order valence-corrected chi connectivity index (χ2v) is 4.37. The third-order valence-corrected chi connectivity index (χ3v) is 2.87. The van der Waals surface area contributed by atoms with Gasteiger partial charge in [-0.15, -0.1) is 0 Å². The second kappa shape index (κ2) is 4.32. The molecule has 0 aliphatic carbocycles. The summed E-state index contributed by atoms with van der Waals surface area (Å²) in [5.41, 5.74) is 2.92. The largest absolute Gasteiger partial charge is 0.760 e. The molecule has 2 rings (SSSR count). The zero-order valence-corrected chi connectivity index (χ0v) is 9.87. The number of nitrogens with one attached hydrogen (secondary N) is 1. The molecular formula is C10H12N3O2S-. The maximum absolute atomic E-state index is 10.4. The highest BCUT2D eigenvalue weighted by Gasteiger charge is 2.05. The topological polar surface area (TPSA) is 70.0 Å². The van der Waals surface area contributed by atoms with Crippen LogP contribution in [0.5, 0.6) is 0 Å². The van der Waals surface area contributed by atoms with E-state index >= 15 is 0 Å². The van der Waals surface area contributed by atoms with Crippen LogP contribution in [0.25, 0.3) is 10.9 Å². The molecule has 1 aromatic carbocycles. The van der Waals surface area contributed by atoms with Crippen molar-refractivity contribution in [3.63, 3.8) is 0 Å². The van der Waals surface area contributed by atoms with E-state index in [-0.39, 0.29) is 0 Å². The lowest BCUT2D eigenvalue weighted by molar-refractivity contribution is 0.522. The van der Waals surface area contributed by atoms with Crippen molar-refractivity contribution in [2.75, 3.05) is 0 Å². The molecule has 0 radical (unpaired) electrons. The van der Waals surface area contributed by atoms with E-state index in [1.54, 1.807) is 0 Å². The zero-order chi connectivity index (χ0) is 11.7. The number of aromatic nitrogens is 2. The Balaban J connectivity index is 2.36. The molecule has 0 aliphatic rings. The molecular weight excluding hydrogens is 226 g/mol. The normalized spacial score (nSPS) is 13.2. The summed E-state index contributed by atoms with van der Waals surface area (Å²) in [6, 6.07) is 5.79. The maximum Gasteiger partial charge on any atom is 0.0682 e. The Bertz CT molecular complexity index is 550. The number of benzene rings is 1. The first kappa shape index (κ1) is 11.3. The van der Waals surface area contributed by atoms with Gasteiger partial charge in [0.15, 0.2) is 0 Å². The van der Waals surface area contributed by atoms with Gasteiger partial charge >= 0.3 is 0 Å². The third-order valence-electron chi connectivity index (χ3n) is 2.49. The summed E-state index contributed by atoms with van der Waals surface area (Å²) in [6.07, 6.45) is 0. The Kier molecular flexibility index (Phi) is 3.04. The van der Waals surface area contributed by atoms with Gasteiger partial charge in [-0.1, -0.05) is 6.07 Å². The predicted octanol–water partition coefficient (Wildman–Crippen LogP) is 0.765. The average Bonchev–Trinajstić information content (AvgIpc) is 2.52. The Morgan fingerprint density at radius 3 is 3.00 bits per heavy atom. The molecule has 86 valence electrons. The van der Waals surface area contributed by atoms with Gasteiger partial charge in [-0.3, -0.25) is 8.89 Å². The van der Waals surface area contributed by atoms with E-state index in [9.17, 15) is 8.76 Å². The minimum absolute atomic E-state index is 0.306. The summed E-state index contributed by atoms with van der Waals surface area (Å²) >= 11 is -2.22. The molecule has 1 unspecified atom stereocenters. The standard InChI is InChI=1S/C10H13N3O2S/c1-7-9-5-8(6-11-16(14)15)3-4-10(9)13(2)12-7/h3-5,11H,6H2,1-2H3,(H,14,15)/p-1. The Hall–Kier alpha value is -1.24. The van der Waals surface area contributed by atoms with Gasteiger partial charge in [0.2, 0.25) is 0 Å². The van der Waals surface area contributed by atoms with Crippen LogP contribution in [0.1, 0.15) is 11.3 Å². The summed E-state index contributed by atoms with van der Waals surface area (Å²) in [7, 11) is 1.89. The van der Waals surface area contributed by atoms with Crippen molar-refractivity contribution in [3.05, 3.63) is 29.5 Å². The Morgan fingerprint density at radius 1 is 1.56 bits per heavy atom. The molecule has 0 saturated carbocycles. The van der Waals surface area contributed by atoms with Gasteiger partial charge in [0.05, 0.1) is 11.2 Å². The van der Waals surface area contributed by atoms with Crippen molar-refractivity contribution in [2.24, 2.45) is 7.05 Å². The summed E-state index contributed by atoms with van der Waals surface area (Å²) in [4.78, 5) is 0. The van der Waals surface area contributed by atoms with Crippen LogP contribution in [-0.4, -0.2) is 18.5 Å². The lowest BCUT2D eigenvalue weighted by Gasteiger charge is -2.07. The molecule has 5 nitrogen and oxygen atoms in total. The van der Waals surface area contributed by atoms with Gasteiger partial charge in [0.1, 0.15) is 0 Å². The van der Waals surface area contributed by atoms with Crippen LogP contribution in [0.15, 0.2) is 18.2 Å². The van der Waals surface area contributed by atoms with E-state index in [1.807, 2.05) is 36.9 Å². The van der Waals surface area contributed by atoms with E-state index in [0.29, 0.717) is 6.54 Å². The fourth-order valence-electron chi connectivity index (χ4n) is 1.74. The SMILES string of the molecule is Cc1nn(C)c2ccc(CNS(=O)[O-])cc12. The minimum atomic E-state index is -2.22. The molecule has 0 spiro atoms. The molecule has 2 aromatic rings. The second-order valence-electron chi connectivity index (χ2n) is 3.62. The fourth-order valence-corrected chi connectivity index (χ4v) is 2.02. The lowest BCUT2D eigenvalue weighted by Crippen LogP contribution is -2.15. The van der Waals surface area contributed by atoms with Crippen LogP contribution in [0.4, 0.5) is 0 Å². The molecule has 0 saturated heterocycles. The van der Waals surface area contributed by atoms with Crippen LogP contribution in [0.3, 0.4) is 0 Å². The third kappa shape index (κ3) is 2.13. The van der Waals surface area contributed by atoms with Crippen LogP contribution >= 0.6 is 0 Å². The van der Waals surface area contributed by atoms with Crippen molar-refractivity contribution < 1.29 is 8.76 Å². The van der Waals surface area contributed by atoms with Crippen LogP contribution in [0, 0.1) is 6.92 Å². The van der Waals surface area contributed by atoms with Gasteiger partial charge < -0.3 is 4.55 Å². The van der Waals surface area contributed by atoms with Gasteiger partial charge in [-0.05, 0) is 24.6 Å². The van der Waals surface area contributed by atoms with Gasteiger partial charge in [0, 0.05) is 30.2 Å². The van der Waals surface area contributed by atoms with Crippen molar-refractivity contribution in [2.45, 2.75) is 13.5 Å². The number of hydrogen-bond donors (Lipinski definition) is 1. The summed E-state index contributed by atoms with van der Waals surface area (Å²) < 4.78 is 24.9. The van der Waals surface area contributed by atoms with E-state index in [4.69, 9.17) is 0 Å². The lowest BCUT2D eigenvalue weighted by atomic mass is 10.1. The van der Waals surface area contributed by atoms with E-state index in [1.165, 1.54) is 0 Å². The van der Waals surface area contributed by atoms with Crippen LogP contribution in [0.2, 0.25) is 0 Å². The van der Waals surface area contributed by atoms with Gasteiger partial charge in [-0.25, -0.2) is 4.72 Å². The van der Waals surface area contributed by atoms with Gasteiger partial charge in [-0.2, -0.15) is 5.10 Å². The smallest absolute Gasteiger partial charge is 0.0682 e. The number of nitrogens with zero attached hydrogens (tertiary/aromatic N) is 2. The maximum atomic E-state index is 10.4. The first-order valence-corrected chi connectivity index (χ1v) is 5.90. The molecule has 16 heavy (non-hydrogen) atoms. The van der Waals surface area contributed by atoms with Crippen LogP contribution in [-0.2, 0) is 24.9 Å². The zero-order valence-electron chi connectivity index (χ0n) is 9.06. The van der Waals surface area contributed by atoms with E-state index in [0.717, 1.165) is 22.2 Å². The number of rotatable bonds is 3. The first-order chi connectivity index (χ1) is 7.58. The molecule has 0 bridgehead atoms. The summed E-state index contributed by atoms with van der Waals surface area (Å²) in [5, 5.41) is 5.36. The molecule has 6 heteroatoms. The predicted molar refractivity (Wildman–Crippen MR) is 61.2 cm³/mol. The highest BCUT2D eigenvalue weighted by Crippen LogP contribution is 2.18. The Labute approximate surface area is 95.9 Å². The highest BCUT2D eigenvalue weighted by atomic mass is 32.2. The first-order valence-electron chi connectivity index (χ1n) is 4.83. The molecule has 1 heterocycles. The Morgan fingerprint density at radius 2 is 2.31 bits per heavy atom. The van der Waals surface area contributed by atoms with Crippen molar-refractivity contribution in [3.8, 4) is 0 Å². The van der Waals surface area contributed by atoms with Gasteiger partial charge in [0.25, 0.3) is 0 Å². The summed E-state index contributed by atoms with van der Waals surface area (Å²) in [6.45, 7) is 2.24. The molecule has 1 N–H and O–H groups in total. The minimum Gasteiger partial charge on any atom is -0.760 e.